The Balaban J connectivity index is 1.87. The van der Waals surface area contributed by atoms with Crippen LogP contribution in [0.3, 0.4) is 0 Å². The summed E-state index contributed by atoms with van der Waals surface area (Å²) in [7, 11) is 1.64. The topological polar surface area (TPSA) is 38.7 Å². The molecule has 0 saturated carbocycles. The molecular weight excluding hydrogens is 240 g/mol. The van der Waals surface area contributed by atoms with Gasteiger partial charge in [-0.2, -0.15) is 0 Å². The molecule has 1 unspecified atom stereocenters. The van der Waals surface area contributed by atoms with Crippen LogP contribution in [0.25, 0.3) is 0 Å². The largest absolute Gasteiger partial charge is 0.497 e. The molecule has 1 aliphatic heterocycles. The Morgan fingerprint density at radius 2 is 1.84 bits per heavy atom. The molecule has 0 amide bonds. The third kappa shape index (κ3) is 2.29. The van der Waals surface area contributed by atoms with Gasteiger partial charge in [-0.1, -0.05) is 30.3 Å². The van der Waals surface area contributed by atoms with Gasteiger partial charge in [0, 0.05) is 12.0 Å². The number of aliphatic hydroxyl groups excluding tert-OH is 1. The number of fused-ring (bicyclic) bond motifs is 1. The molecule has 2 atom stereocenters. The molecule has 0 saturated heterocycles. The number of hydrogen-bond donors (Lipinski definition) is 1. The van der Waals surface area contributed by atoms with E-state index in [0.29, 0.717) is 6.42 Å². The van der Waals surface area contributed by atoms with Crippen molar-refractivity contribution in [1.82, 2.24) is 0 Å². The zero-order chi connectivity index (χ0) is 13.2. The van der Waals surface area contributed by atoms with E-state index in [1.807, 2.05) is 48.5 Å². The SMILES string of the molecule is COc1ccc(C2C[C@@H](O)c3ccccc3O2)cc1. The number of benzene rings is 2. The first-order valence-electron chi connectivity index (χ1n) is 6.35. The molecule has 0 spiro atoms. The summed E-state index contributed by atoms with van der Waals surface area (Å²) in [5.74, 6) is 1.59. The second-order valence-electron chi connectivity index (χ2n) is 4.67. The van der Waals surface area contributed by atoms with Gasteiger partial charge in [0.05, 0.1) is 13.2 Å². The monoisotopic (exact) mass is 256 g/mol. The summed E-state index contributed by atoms with van der Waals surface area (Å²) in [6.45, 7) is 0. The molecule has 3 rings (SSSR count). The van der Waals surface area contributed by atoms with E-state index in [4.69, 9.17) is 9.47 Å². The fourth-order valence-electron chi connectivity index (χ4n) is 2.42. The lowest BCUT2D eigenvalue weighted by molar-refractivity contribution is 0.0657. The minimum absolute atomic E-state index is 0.115. The van der Waals surface area contributed by atoms with E-state index < -0.39 is 6.10 Å². The van der Waals surface area contributed by atoms with Crippen LogP contribution in [0.4, 0.5) is 0 Å². The molecule has 0 aromatic heterocycles. The van der Waals surface area contributed by atoms with Gasteiger partial charge in [0.1, 0.15) is 17.6 Å². The molecule has 0 bridgehead atoms. The Kier molecular flexibility index (Phi) is 3.13. The summed E-state index contributed by atoms with van der Waals surface area (Å²) in [6, 6.07) is 15.4. The van der Waals surface area contributed by atoms with Gasteiger partial charge < -0.3 is 14.6 Å². The van der Waals surface area contributed by atoms with Crippen LogP contribution in [0.1, 0.15) is 29.8 Å². The van der Waals surface area contributed by atoms with Crippen molar-refractivity contribution in [3.8, 4) is 11.5 Å². The molecule has 19 heavy (non-hydrogen) atoms. The Hall–Kier alpha value is -2.00. The van der Waals surface area contributed by atoms with Gasteiger partial charge >= 0.3 is 0 Å². The minimum Gasteiger partial charge on any atom is -0.497 e. The Morgan fingerprint density at radius 1 is 1.11 bits per heavy atom. The quantitative estimate of drug-likeness (QED) is 0.896. The van der Waals surface area contributed by atoms with Crippen LogP contribution in [0.5, 0.6) is 11.5 Å². The van der Waals surface area contributed by atoms with E-state index in [-0.39, 0.29) is 6.10 Å². The highest BCUT2D eigenvalue weighted by molar-refractivity contribution is 5.39. The Morgan fingerprint density at radius 3 is 2.58 bits per heavy atom. The highest BCUT2D eigenvalue weighted by Crippen LogP contribution is 2.40. The summed E-state index contributed by atoms with van der Waals surface area (Å²) in [6.07, 6.45) is -0.0172. The molecule has 3 heteroatoms. The lowest BCUT2D eigenvalue weighted by atomic mass is 9.95. The third-order valence-corrected chi connectivity index (χ3v) is 3.47. The number of hydrogen-bond acceptors (Lipinski definition) is 3. The van der Waals surface area contributed by atoms with E-state index >= 15 is 0 Å². The van der Waals surface area contributed by atoms with E-state index in [1.165, 1.54) is 0 Å². The lowest BCUT2D eigenvalue weighted by Gasteiger charge is -2.29. The summed E-state index contributed by atoms with van der Waals surface area (Å²) >= 11 is 0. The smallest absolute Gasteiger partial charge is 0.127 e. The maximum absolute atomic E-state index is 10.2. The molecule has 1 N–H and O–H groups in total. The third-order valence-electron chi connectivity index (χ3n) is 3.47. The van der Waals surface area contributed by atoms with Gasteiger partial charge in [0.25, 0.3) is 0 Å². The molecule has 0 aliphatic carbocycles. The molecule has 0 radical (unpaired) electrons. The molecule has 0 fully saturated rings. The van der Waals surface area contributed by atoms with Crippen LogP contribution in [0.2, 0.25) is 0 Å². The van der Waals surface area contributed by atoms with Gasteiger partial charge in [-0.15, -0.1) is 0 Å². The number of aliphatic hydroxyl groups is 1. The first-order chi connectivity index (χ1) is 9.28. The molecule has 1 aliphatic rings. The van der Waals surface area contributed by atoms with E-state index in [1.54, 1.807) is 7.11 Å². The Labute approximate surface area is 112 Å². The van der Waals surface area contributed by atoms with Crippen LogP contribution in [0, 0.1) is 0 Å². The van der Waals surface area contributed by atoms with Gasteiger partial charge in [-0.3, -0.25) is 0 Å². The average Bonchev–Trinajstić information content (AvgIpc) is 2.47. The first-order valence-corrected chi connectivity index (χ1v) is 6.35. The van der Waals surface area contributed by atoms with E-state index in [0.717, 1.165) is 22.6 Å². The molecule has 2 aromatic rings. The van der Waals surface area contributed by atoms with Crippen LogP contribution in [0.15, 0.2) is 48.5 Å². The van der Waals surface area contributed by atoms with Crippen molar-refractivity contribution in [3.05, 3.63) is 59.7 Å². The van der Waals surface area contributed by atoms with Gasteiger partial charge in [0.2, 0.25) is 0 Å². The van der Waals surface area contributed by atoms with E-state index in [2.05, 4.69) is 0 Å². The van der Waals surface area contributed by atoms with Gasteiger partial charge in [-0.05, 0) is 23.8 Å². The fraction of sp³-hybridized carbons (Fsp3) is 0.250. The highest BCUT2D eigenvalue weighted by Gasteiger charge is 2.27. The maximum atomic E-state index is 10.2. The van der Waals surface area contributed by atoms with Crippen molar-refractivity contribution < 1.29 is 14.6 Å². The molecule has 2 aromatic carbocycles. The minimum atomic E-state index is -0.475. The van der Waals surface area contributed by atoms with Crippen molar-refractivity contribution in [2.45, 2.75) is 18.6 Å². The van der Waals surface area contributed by atoms with Crippen molar-refractivity contribution in [3.63, 3.8) is 0 Å². The second-order valence-corrected chi connectivity index (χ2v) is 4.67. The highest BCUT2D eigenvalue weighted by atomic mass is 16.5. The van der Waals surface area contributed by atoms with Crippen LogP contribution in [-0.2, 0) is 0 Å². The predicted molar refractivity (Wildman–Crippen MR) is 72.4 cm³/mol. The van der Waals surface area contributed by atoms with E-state index in [9.17, 15) is 5.11 Å². The second kappa shape index (κ2) is 4.94. The number of ether oxygens (including phenoxy) is 2. The maximum Gasteiger partial charge on any atom is 0.127 e. The van der Waals surface area contributed by atoms with Crippen molar-refractivity contribution in [2.24, 2.45) is 0 Å². The van der Waals surface area contributed by atoms with Crippen LogP contribution >= 0.6 is 0 Å². The molecular formula is C16H16O3. The van der Waals surface area contributed by atoms with Crippen molar-refractivity contribution >= 4 is 0 Å². The Bertz CT molecular complexity index is 562. The van der Waals surface area contributed by atoms with Crippen LogP contribution < -0.4 is 9.47 Å². The number of para-hydroxylation sites is 1. The lowest BCUT2D eigenvalue weighted by Crippen LogP contribution is -2.18. The number of methoxy groups -OCH3 is 1. The molecule has 1 heterocycles. The number of rotatable bonds is 2. The summed E-state index contributed by atoms with van der Waals surface area (Å²) < 4.78 is 11.1. The van der Waals surface area contributed by atoms with Crippen LogP contribution in [-0.4, -0.2) is 12.2 Å². The first kappa shape index (κ1) is 12.1. The molecule has 3 nitrogen and oxygen atoms in total. The normalized spacial score (nSPS) is 21.4. The standard InChI is InChI=1S/C16H16O3/c1-18-12-8-6-11(7-9-12)16-10-14(17)13-4-2-3-5-15(13)19-16/h2-9,14,16-17H,10H2,1H3/t14-,16?/m1/s1. The zero-order valence-electron chi connectivity index (χ0n) is 10.7. The molecule has 98 valence electrons. The zero-order valence-corrected chi connectivity index (χ0v) is 10.7. The summed E-state index contributed by atoms with van der Waals surface area (Å²) in [5, 5.41) is 10.2. The summed E-state index contributed by atoms with van der Waals surface area (Å²) in [5.41, 5.74) is 1.92. The average molecular weight is 256 g/mol. The van der Waals surface area contributed by atoms with Crippen molar-refractivity contribution in [2.75, 3.05) is 7.11 Å². The van der Waals surface area contributed by atoms with Crippen molar-refractivity contribution in [1.29, 1.82) is 0 Å². The predicted octanol–water partition coefficient (Wildman–Crippen LogP) is 3.25. The summed E-state index contributed by atoms with van der Waals surface area (Å²) in [4.78, 5) is 0. The fourth-order valence-corrected chi connectivity index (χ4v) is 2.42. The van der Waals surface area contributed by atoms with Gasteiger partial charge in [-0.25, -0.2) is 0 Å². The van der Waals surface area contributed by atoms with Gasteiger partial charge in [0.15, 0.2) is 0 Å².